The Morgan fingerprint density at radius 2 is 1.34 bits per heavy atom. The maximum Gasteiger partial charge on any atom is 0.338 e. The fourth-order valence-electron chi connectivity index (χ4n) is 3.08. The topological polar surface area (TPSA) is 93.1 Å². The van der Waals surface area contributed by atoms with Gasteiger partial charge in [0.1, 0.15) is 24.7 Å². The van der Waals surface area contributed by atoms with Crippen LogP contribution in [0.5, 0.6) is 0 Å². The molecule has 0 fully saturated rings. The lowest BCUT2D eigenvalue weighted by atomic mass is 9.87. The highest BCUT2D eigenvalue weighted by Gasteiger charge is 2.35. The molecule has 6 nitrogen and oxygen atoms in total. The highest BCUT2D eigenvalue weighted by atomic mass is 16.5. The minimum atomic E-state index is -0.883. The molecule has 2 aromatic carbocycles. The number of hydrogen-bond acceptors (Lipinski definition) is 6. The summed E-state index contributed by atoms with van der Waals surface area (Å²) in [7, 11) is 0. The van der Waals surface area contributed by atoms with Crippen molar-refractivity contribution in [1.82, 2.24) is 0 Å². The first-order chi connectivity index (χ1) is 14.0. The molecule has 0 radical (unpaired) electrons. The zero-order valence-corrected chi connectivity index (χ0v) is 16.0. The van der Waals surface area contributed by atoms with Crippen LogP contribution in [0.15, 0.2) is 83.3 Å². The van der Waals surface area contributed by atoms with Gasteiger partial charge in [-0.25, -0.2) is 9.59 Å². The zero-order valence-electron chi connectivity index (χ0n) is 16.0. The Bertz CT molecular complexity index is 944. The van der Waals surface area contributed by atoms with Crippen molar-refractivity contribution in [3.63, 3.8) is 0 Å². The molecular weight excluding hydrogens is 372 g/mol. The van der Waals surface area contributed by atoms with Crippen LogP contribution in [-0.4, -0.2) is 22.2 Å². The molecule has 1 unspecified atom stereocenters. The lowest BCUT2D eigenvalue weighted by Crippen LogP contribution is -2.25. The van der Waals surface area contributed by atoms with Crippen molar-refractivity contribution in [2.75, 3.05) is 0 Å². The second-order valence-electron chi connectivity index (χ2n) is 6.75. The summed E-state index contributed by atoms with van der Waals surface area (Å²) in [6, 6.07) is 18.2. The fraction of sp³-hybridized carbons (Fsp3) is 0.217. The SMILES string of the molecule is CC1C(O)=C(C(=O)OCc2ccccc2)CC(O)=C1C(=O)OCc1ccccc1. The van der Waals surface area contributed by atoms with E-state index >= 15 is 0 Å². The van der Waals surface area contributed by atoms with Gasteiger partial charge in [-0.05, 0) is 11.1 Å². The van der Waals surface area contributed by atoms with Gasteiger partial charge < -0.3 is 19.7 Å². The summed E-state index contributed by atoms with van der Waals surface area (Å²) >= 11 is 0. The molecule has 1 atom stereocenters. The molecule has 0 heterocycles. The lowest BCUT2D eigenvalue weighted by Gasteiger charge is -2.23. The van der Waals surface area contributed by atoms with Crippen molar-refractivity contribution in [2.24, 2.45) is 5.92 Å². The summed E-state index contributed by atoms with van der Waals surface area (Å²) in [6.45, 7) is 1.61. The maximum absolute atomic E-state index is 12.4. The van der Waals surface area contributed by atoms with Gasteiger partial charge in [0.15, 0.2) is 0 Å². The van der Waals surface area contributed by atoms with E-state index in [1.54, 1.807) is 0 Å². The molecule has 29 heavy (non-hydrogen) atoms. The Labute approximate surface area is 168 Å². The maximum atomic E-state index is 12.4. The van der Waals surface area contributed by atoms with Gasteiger partial charge in [-0.1, -0.05) is 67.6 Å². The van der Waals surface area contributed by atoms with E-state index in [0.29, 0.717) is 0 Å². The van der Waals surface area contributed by atoms with Crippen molar-refractivity contribution >= 4 is 11.9 Å². The van der Waals surface area contributed by atoms with Gasteiger partial charge in [-0.2, -0.15) is 0 Å². The van der Waals surface area contributed by atoms with Crippen LogP contribution >= 0.6 is 0 Å². The molecule has 2 aromatic rings. The fourth-order valence-corrected chi connectivity index (χ4v) is 3.08. The number of rotatable bonds is 6. The zero-order chi connectivity index (χ0) is 20.8. The van der Waals surface area contributed by atoms with Gasteiger partial charge in [0.25, 0.3) is 0 Å². The third kappa shape index (κ3) is 4.85. The molecule has 150 valence electrons. The number of carbonyl (C=O) groups excluding carboxylic acids is 2. The van der Waals surface area contributed by atoms with Gasteiger partial charge in [0.2, 0.25) is 0 Å². The average molecular weight is 394 g/mol. The summed E-state index contributed by atoms with van der Waals surface area (Å²) in [5.74, 6) is -2.96. The number of aliphatic hydroxyl groups is 2. The molecule has 0 bridgehead atoms. The number of carbonyl (C=O) groups is 2. The number of allylic oxidation sites excluding steroid dienone is 2. The molecule has 2 N–H and O–H groups in total. The highest BCUT2D eigenvalue weighted by Crippen LogP contribution is 2.34. The smallest absolute Gasteiger partial charge is 0.338 e. The summed E-state index contributed by atoms with van der Waals surface area (Å²) in [6.07, 6.45) is -0.292. The van der Waals surface area contributed by atoms with Gasteiger partial charge in [0, 0.05) is 12.3 Å². The minimum absolute atomic E-state index is 0.0413. The summed E-state index contributed by atoms with van der Waals surface area (Å²) in [4.78, 5) is 24.8. The normalized spacial score (nSPS) is 16.5. The Morgan fingerprint density at radius 3 is 1.86 bits per heavy atom. The third-order valence-electron chi connectivity index (χ3n) is 4.70. The van der Waals surface area contributed by atoms with Crippen LogP contribution in [-0.2, 0) is 32.3 Å². The number of aliphatic hydroxyl groups excluding tert-OH is 2. The quantitative estimate of drug-likeness (QED) is 0.716. The number of benzene rings is 2. The second kappa shape index (κ2) is 9.10. The van der Waals surface area contributed by atoms with E-state index in [1.165, 1.54) is 6.92 Å². The molecule has 0 aliphatic heterocycles. The Hall–Kier alpha value is -3.54. The molecule has 0 amide bonds. The van der Waals surface area contributed by atoms with Gasteiger partial charge >= 0.3 is 11.9 Å². The third-order valence-corrected chi connectivity index (χ3v) is 4.70. The van der Waals surface area contributed by atoms with E-state index < -0.39 is 17.9 Å². The van der Waals surface area contributed by atoms with E-state index in [0.717, 1.165) is 11.1 Å². The van der Waals surface area contributed by atoms with E-state index in [-0.39, 0.29) is 42.3 Å². The first-order valence-electron chi connectivity index (χ1n) is 9.23. The predicted molar refractivity (Wildman–Crippen MR) is 106 cm³/mol. The summed E-state index contributed by atoms with van der Waals surface area (Å²) < 4.78 is 10.5. The molecule has 1 aliphatic carbocycles. The van der Waals surface area contributed by atoms with Crippen molar-refractivity contribution in [3.05, 3.63) is 94.5 Å². The van der Waals surface area contributed by atoms with Gasteiger partial charge in [0.05, 0.1) is 11.1 Å². The molecule has 0 aromatic heterocycles. The molecule has 3 rings (SSSR count). The van der Waals surface area contributed by atoms with E-state index in [2.05, 4.69) is 0 Å². The Kier molecular flexibility index (Phi) is 6.34. The Balaban J connectivity index is 1.65. The van der Waals surface area contributed by atoms with Crippen LogP contribution in [0, 0.1) is 5.92 Å². The van der Waals surface area contributed by atoms with Gasteiger partial charge in [-0.15, -0.1) is 0 Å². The average Bonchev–Trinajstić information content (AvgIpc) is 2.74. The largest absolute Gasteiger partial charge is 0.511 e. The van der Waals surface area contributed by atoms with Crippen LogP contribution in [0.25, 0.3) is 0 Å². The van der Waals surface area contributed by atoms with Gasteiger partial charge in [-0.3, -0.25) is 0 Å². The van der Waals surface area contributed by atoms with Crippen LogP contribution < -0.4 is 0 Å². The monoisotopic (exact) mass is 394 g/mol. The van der Waals surface area contributed by atoms with E-state index in [4.69, 9.17) is 9.47 Å². The predicted octanol–water partition coefficient (Wildman–Crippen LogP) is 4.14. The number of esters is 2. The van der Waals surface area contributed by atoms with Crippen molar-refractivity contribution < 1.29 is 29.3 Å². The van der Waals surface area contributed by atoms with Crippen molar-refractivity contribution in [3.8, 4) is 0 Å². The number of ether oxygens (including phenoxy) is 2. The van der Waals surface area contributed by atoms with E-state index in [9.17, 15) is 19.8 Å². The van der Waals surface area contributed by atoms with E-state index in [1.807, 2.05) is 60.7 Å². The second-order valence-corrected chi connectivity index (χ2v) is 6.75. The molecule has 1 aliphatic rings. The molecule has 6 heteroatoms. The van der Waals surface area contributed by atoms with Crippen LogP contribution in [0.3, 0.4) is 0 Å². The lowest BCUT2D eigenvalue weighted by molar-refractivity contribution is -0.143. The van der Waals surface area contributed by atoms with Crippen LogP contribution in [0.2, 0.25) is 0 Å². The van der Waals surface area contributed by atoms with Crippen LogP contribution in [0.4, 0.5) is 0 Å². The Morgan fingerprint density at radius 1 is 0.862 bits per heavy atom. The van der Waals surface area contributed by atoms with Crippen LogP contribution in [0.1, 0.15) is 24.5 Å². The van der Waals surface area contributed by atoms with Crippen molar-refractivity contribution in [2.45, 2.75) is 26.6 Å². The first-order valence-corrected chi connectivity index (χ1v) is 9.23. The molecular formula is C23H22O6. The summed E-state index contributed by atoms with van der Waals surface area (Å²) in [5, 5.41) is 20.8. The molecule has 0 saturated heterocycles. The summed E-state index contributed by atoms with van der Waals surface area (Å²) in [5.41, 5.74) is 1.48. The number of hydrogen-bond donors (Lipinski definition) is 2. The molecule has 0 saturated carbocycles. The molecule has 0 spiro atoms. The standard InChI is InChI=1S/C23H22O6/c1-15-20(23(27)29-14-17-10-6-3-7-11-17)19(24)12-18(21(15)25)22(26)28-13-16-8-4-2-5-9-16/h2-11,15,24-25H,12-14H2,1H3. The van der Waals surface area contributed by atoms with Crippen molar-refractivity contribution in [1.29, 1.82) is 0 Å². The first kappa shape index (κ1) is 20.2. The minimum Gasteiger partial charge on any atom is -0.511 e. The highest BCUT2D eigenvalue weighted by molar-refractivity contribution is 5.95.